The van der Waals surface area contributed by atoms with Crippen LogP contribution in [0.4, 0.5) is 0 Å². The fourth-order valence-electron chi connectivity index (χ4n) is 1.28. The van der Waals surface area contributed by atoms with Gasteiger partial charge in [0.25, 0.3) is 0 Å². The second-order valence-corrected chi connectivity index (χ2v) is 3.78. The van der Waals surface area contributed by atoms with Gasteiger partial charge in [0.1, 0.15) is 6.29 Å². The van der Waals surface area contributed by atoms with E-state index >= 15 is 0 Å². The number of carbonyl (C=O) groups is 1. The van der Waals surface area contributed by atoms with Crippen molar-refractivity contribution in [3.8, 4) is 0 Å². The number of aldehydes is 1. The van der Waals surface area contributed by atoms with Gasteiger partial charge in [-0.25, -0.2) is 0 Å². The second kappa shape index (κ2) is 37.8. The van der Waals surface area contributed by atoms with Crippen molar-refractivity contribution in [2.24, 2.45) is 5.84 Å². The van der Waals surface area contributed by atoms with Gasteiger partial charge in [0, 0.05) is 20.0 Å². The molecule has 0 aromatic heterocycles. The Morgan fingerprint density at radius 1 is 0.958 bits per heavy atom. The van der Waals surface area contributed by atoms with Crippen LogP contribution in [0.1, 0.15) is 79.9 Å². The number of rotatable bonds is 4. The predicted molar refractivity (Wildman–Crippen MR) is 113 cm³/mol. The molecule has 146 valence electrons. The molecular weight excluding hydrogens is 296 g/mol. The molecule has 0 amide bonds. The predicted octanol–water partition coefficient (Wildman–Crippen LogP) is 6.04. The summed E-state index contributed by atoms with van der Waals surface area (Å²) >= 11 is 0. The highest BCUT2D eigenvalue weighted by Crippen LogP contribution is 2.05. The van der Waals surface area contributed by atoms with E-state index in [1.54, 1.807) is 5.01 Å². The lowest BCUT2D eigenvalue weighted by Gasteiger charge is -2.03. The van der Waals surface area contributed by atoms with Crippen LogP contribution in [0.5, 0.6) is 0 Å². The van der Waals surface area contributed by atoms with Crippen molar-refractivity contribution in [1.29, 1.82) is 0 Å². The molecule has 0 atom stereocenters. The topological polar surface area (TPSA) is 46.3 Å². The number of nitrogens with two attached hydrogens (primary N) is 1. The summed E-state index contributed by atoms with van der Waals surface area (Å²) in [6.45, 7) is 21.1. The Hall–Kier alpha value is -1.19. The number of hydrazine groups is 1. The van der Waals surface area contributed by atoms with Gasteiger partial charge >= 0.3 is 0 Å². The molecule has 0 saturated heterocycles. The van der Waals surface area contributed by atoms with E-state index in [9.17, 15) is 4.79 Å². The normalized spacial score (nSPS) is 7.38. The average molecular weight is 343 g/mol. The fraction of sp³-hybridized carbons (Fsp3) is 0.667. The van der Waals surface area contributed by atoms with E-state index < -0.39 is 0 Å². The van der Waals surface area contributed by atoms with Crippen molar-refractivity contribution in [3.05, 3.63) is 35.4 Å². The quantitative estimate of drug-likeness (QED) is 0.412. The standard InChI is InChI=1S/C9H10O.C4H12N2.4C2H6/c1-8-4-2-3-5-9(8)6-7-10;1-3-4-6(2)5;4*1-2/h2-5,7H,6H2,1H3;3-5H2,1-2H3;4*1-2H3. The molecule has 1 rings (SSSR count). The highest BCUT2D eigenvalue weighted by molar-refractivity contribution is 5.55. The van der Waals surface area contributed by atoms with Gasteiger partial charge in [0.15, 0.2) is 0 Å². The number of nitrogens with zero attached hydrogens (tertiary/aromatic N) is 1. The summed E-state index contributed by atoms with van der Waals surface area (Å²) in [5.74, 6) is 5.24. The first-order chi connectivity index (χ1) is 11.6. The molecular formula is C21H46N2O. The first-order valence-electron chi connectivity index (χ1n) is 9.55. The third kappa shape index (κ3) is 32.7. The third-order valence-electron chi connectivity index (χ3n) is 2.14. The van der Waals surface area contributed by atoms with Crippen molar-refractivity contribution in [2.75, 3.05) is 13.6 Å². The van der Waals surface area contributed by atoms with Gasteiger partial charge in [-0.2, -0.15) is 0 Å². The third-order valence-corrected chi connectivity index (χ3v) is 2.14. The molecule has 0 aliphatic carbocycles. The molecule has 1 aromatic rings. The van der Waals surface area contributed by atoms with Gasteiger partial charge in [-0.15, -0.1) is 0 Å². The zero-order valence-corrected chi connectivity index (χ0v) is 18.4. The Morgan fingerprint density at radius 3 is 1.62 bits per heavy atom. The van der Waals surface area contributed by atoms with Crippen molar-refractivity contribution < 1.29 is 4.79 Å². The molecule has 0 aliphatic heterocycles. The Bertz CT molecular complexity index is 300. The summed E-state index contributed by atoms with van der Waals surface area (Å²) in [6.07, 6.45) is 2.60. The monoisotopic (exact) mass is 342 g/mol. The highest BCUT2D eigenvalue weighted by atomic mass is 16.1. The SMILES string of the molecule is CC.CC.CC.CC.CCCN(C)N.Cc1ccccc1CC=O. The van der Waals surface area contributed by atoms with E-state index in [2.05, 4.69) is 6.92 Å². The summed E-state index contributed by atoms with van der Waals surface area (Å²) in [4.78, 5) is 10.1. The Labute approximate surface area is 153 Å². The van der Waals surface area contributed by atoms with Crippen molar-refractivity contribution in [2.45, 2.75) is 82.1 Å². The lowest BCUT2D eigenvalue weighted by molar-refractivity contribution is -0.107. The first-order valence-corrected chi connectivity index (χ1v) is 9.55. The molecule has 2 N–H and O–H groups in total. The van der Waals surface area contributed by atoms with Crippen LogP contribution in [0.25, 0.3) is 0 Å². The summed E-state index contributed by atoms with van der Waals surface area (Å²) in [6, 6.07) is 7.91. The molecule has 1 aromatic carbocycles. The maximum absolute atomic E-state index is 10.1. The van der Waals surface area contributed by atoms with Crippen LogP contribution in [-0.4, -0.2) is 24.9 Å². The van der Waals surface area contributed by atoms with Crippen LogP contribution >= 0.6 is 0 Å². The van der Waals surface area contributed by atoms with Gasteiger partial charge in [-0.3, -0.25) is 10.9 Å². The van der Waals surface area contributed by atoms with E-state index in [1.807, 2.05) is 93.6 Å². The summed E-state index contributed by atoms with van der Waals surface area (Å²) in [5, 5.41) is 1.68. The lowest BCUT2D eigenvalue weighted by Crippen LogP contribution is -2.26. The molecule has 0 aliphatic rings. The molecule has 0 fully saturated rings. The molecule has 24 heavy (non-hydrogen) atoms. The highest BCUT2D eigenvalue weighted by Gasteiger charge is 1.92. The van der Waals surface area contributed by atoms with E-state index in [0.717, 1.165) is 24.8 Å². The maximum atomic E-state index is 10.1. The zero-order valence-electron chi connectivity index (χ0n) is 18.4. The van der Waals surface area contributed by atoms with Gasteiger partial charge in [-0.1, -0.05) is 86.6 Å². The van der Waals surface area contributed by atoms with E-state index in [4.69, 9.17) is 5.84 Å². The maximum Gasteiger partial charge on any atom is 0.124 e. The van der Waals surface area contributed by atoms with E-state index in [0.29, 0.717) is 6.42 Å². The molecule has 3 heteroatoms. The Kier molecular flexibility index (Phi) is 53.9. The van der Waals surface area contributed by atoms with Crippen LogP contribution in [-0.2, 0) is 11.2 Å². The minimum atomic E-state index is 0.534. The number of benzene rings is 1. The molecule has 0 bridgehead atoms. The van der Waals surface area contributed by atoms with Gasteiger partial charge < -0.3 is 4.79 Å². The van der Waals surface area contributed by atoms with E-state index in [-0.39, 0.29) is 0 Å². The average Bonchev–Trinajstić information content (AvgIpc) is 2.64. The number of aryl methyl sites for hydroxylation is 1. The van der Waals surface area contributed by atoms with E-state index in [1.165, 1.54) is 5.56 Å². The smallest absolute Gasteiger partial charge is 0.124 e. The van der Waals surface area contributed by atoms with Crippen LogP contribution < -0.4 is 5.84 Å². The lowest BCUT2D eigenvalue weighted by atomic mass is 10.1. The summed E-state index contributed by atoms with van der Waals surface area (Å²) in [7, 11) is 1.86. The largest absolute Gasteiger partial charge is 0.303 e. The second-order valence-electron chi connectivity index (χ2n) is 3.78. The van der Waals surface area contributed by atoms with Crippen molar-refractivity contribution >= 4 is 6.29 Å². The zero-order chi connectivity index (χ0) is 20.4. The molecule has 3 nitrogen and oxygen atoms in total. The van der Waals surface area contributed by atoms with Crippen molar-refractivity contribution in [3.63, 3.8) is 0 Å². The molecule has 0 saturated carbocycles. The minimum Gasteiger partial charge on any atom is -0.303 e. The first kappa shape index (κ1) is 34.2. The van der Waals surface area contributed by atoms with Crippen LogP contribution in [0.15, 0.2) is 24.3 Å². The summed E-state index contributed by atoms with van der Waals surface area (Å²) < 4.78 is 0. The van der Waals surface area contributed by atoms with Crippen LogP contribution in [0, 0.1) is 6.92 Å². The molecule has 0 radical (unpaired) electrons. The van der Waals surface area contributed by atoms with Crippen LogP contribution in [0.2, 0.25) is 0 Å². The molecule has 0 unspecified atom stereocenters. The van der Waals surface area contributed by atoms with Crippen molar-refractivity contribution in [1.82, 2.24) is 5.01 Å². The Morgan fingerprint density at radius 2 is 1.38 bits per heavy atom. The number of carbonyl (C=O) groups excluding carboxylic acids is 1. The Balaban J connectivity index is -0.0000000743. The number of hydrogen-bond donors (Lipinski definition) is 1. The minimum absolute atomic E-state index is 0.534. The van der Waals surface area contributed by atoms with Gasteiger partial charge in [-0.05, 0) is 24.5 Å². The number of hydrogen-bond acceptors (Lipinski definition) is 3. The summed E-state index contributed by atoms with van der Waals surface area (Å²) in [5.41, 5.74) is 2.31. The molecule has 0 heterocycles. The van der Waals surface area contributed by atoms with Gasteiger partial charge in [0.05, 0.1) is 0 Å². The van der Waals surface area contributed by atoms with Crippen LogP contribution in [0.3, 0.4) is 0 Å². The van der Waals surface area contributed by atoms with Gasteiger partial charge in [0.2, 0.25) is 0 Å². The fourth-order valence-corrected chi connectivity index (χ4v) is 1.28. The molecule has 0 spiro atoms.